The Kier molecular flexibility index (Phi) is 11.0. The fraction of sp³-hybridized carbons (Fsp3) is 0.310. The van der Waals surface area contributed by atoms with E-state index in [2.05, 4.69) is 5.32 Å². The van der Waals surface area contributed by atoms with Crippen molar-refractivity contribution >= 4 is 50.7 Å². The smallest absolute Gasteiger partial charge is 0.264 e. The molecular formula is C29H32Cl2FN3O4S. The summed E-state index contributed by atoms with van der Waals surface area (Å²) in [6, 6.07) is 16.2. The number of carbonyl (C=O) groups excluding carboxylic acids is 2. The quantitative estimate of drug-likeness (QED) is 0.271. The third-order valence-electron chi connectivity index (χ3n) is 6.50. The summed E-state index contributed by atoms with van der Waals surface area (Å²) >= 11 is 12.8. The number of benzene rings is 3. The second-order valence-electron chi connectivity index (χ2n) is 9.26. The minimum absolute atomic E-state index is 0.0469. The van der Waals surface area contributed by atoms with Crippen molar-refractivity contribution in [3.63, 3.8) is 0 Å². The van der Waals surface area contributed by atoms with Crippen LogP contribution in [0.15, 0.2) is 77.7 Å². The molecule has 2 unspecified atom stereocenters. The van der Waals surface area contributed by atoms with Crippen LogP contribution in [0.3, 0.4) is 0 Å². The van der Waals surface area contributed by atoms with Crippen molar-refractivity contribution in [2.24, 2.45) is 0 Å². The Morgan fingerprint density at radius 1 is 0.900 bits per heavy atom. The summed E-state index contributed by atoms with van der Waals surface area (Å²) in [7, 11) is -4.25. The Labute approximate surface area is 244 Å². The number of amides is 2. The molecule has 3 aromatic carbocycles. The van der Waals surface area contributed by atoms with Gasteiger partial charge in [-0.2, -0.15) is 0 Å². The molecule has 0 spiro atoms. The fourth-order valence-corrected chi connectivity index (χ4v) is 6.02. The highest BCUT2D eigenvalue weighted by Crippen LogP contribution is 2.29. The molecule has 0 aromatic heterocycles. The van der Waals surface area contributed by atoms with Crippen LogP contribution < -0.4 is 9.62 Å². The molecule has 7 nitrogen and oxygen atoms in total. The van der Waals surface area contributed by atoms with Gasteiger partial charge in [-0.3, -0.25) is 13.9 Å². The molecule has 2 amide bonds. The van der Waals surface area contributed by atoms with E-state index in [1.54, 1.807) is 43.3 Å². The van der Waals surface area contributed by atoms with E-state index >= 15 is 0 Å². The Morgan fingerprint density at radius 3 is 2.05 bits per heavy atom. The van der Waals surface area contributed by atoms with Crippen molar-refractivity contribution in [3.05, 3.63) is 94.2 Å². The van der Waals surface area contributed by atoms with E-state index in [1.165, 1.54) is 29.2 Å². The zero-order valence-corrected chi connectivity index (χ0v) is 24.8. The first kappa shape index (κ1) is 31.4. The lowest BCUT2D eigenvalue weighted by molar-refractivity contribution is -0.140. The molecular weight excluding hydrogens is 576 g/mol. The molecule has 0 heterocycles. The molecule has 0 radical (unpaired) electrons. The monoisotopic (exact) mass is 607 g/mol. The zero-order chi connectivity index (χ0) is 29.4. The highest BCUT2D eigenvalue weighted by Gasteiger charge is 2.34. The lowest BCUT2D eigenvalue weighted by Crippen LogP contribution is -2.53. The number of nitrogens with zero attached hydrogens (tertiary/aromatic N) is 2. The molecule has 1 N–H and O–H groups in total. The summed E-state index contributed by atoms with van der Waals surface area (Å²) in [5.41, 5.74) is 0.514. The average Bonchev–Trinajstić information content (AvgIpc) is 2.93. The molecule has 3 rings (SSSR count). The number of carbonyl (C=O) groups is 2. The van der Waals surface area contributed by atoms with Gasteiger partial charge in [-0.05, 0) is 68.3 Å². The largest absolute Gasteiger partial charge is 0.352 e. The summed E-state index contributed by atoms with van der Waals surface area (Å²) in [6.45, 7) is 4.75. The van der Waals surface area contributed by atoms with Crippen LogP contribution in [0, 0.1) is 5.82 Å². The van der Waals surface area contributed by atoms with Gasteiger partial charge in [-0.15, -0.1) is 0 Å². The molecule has 0 aliphatic heterocycles. The second-order valence-corrected chi connectivity index (χ2v) is 11.9. The first-order valence-electron chi connectivity index (χ1n) is 12.9. The number of nitrogens with one attached hydrogen (secondary N) is 1. The van der Waals surface area contributed by atoms with Crippen molar-refractivity contribution in [1.29, 1.82) is 0 Å². The van der Waals surface area contributed by atoms with Crippen molar-refractivity contribution in [3.8, 4) is 0 Å². The van der Waals surface area contributed by atoms with Crippen LogP contribution in [0.4, 0.5) is 10.1 Å². The molecule has 11 heteroatoms. The van der Waals surface area contributed by atoms with Crippen molar-refractivity contribution in [1.82, 2.24) is 10.2 Å². The minimum Gasteiger partial charge on any atom is -0.352 e. The Morgan fingerprint density at radius 2 is 1.50 bits per heavy atom. The van der Waals surface area contributed by atoms with E-state index in [0.717, 1.165) is 16.4 Å². The lowest BCUT2D eigenvalue weighted by Gasteiger charge is -2.34. The van der Waals surface area contributed by atoms with E-state index in [1.807, 2.05) is 13.8 Å². The van der Waals surface area contributed by atoms with Crippen LogP contribution in [0.2, 0.25) is 10.0 Å². The van der Waals surface area contributed by atoms with E-state index in [9.17, 15) is 22.4 Å². The fourth-order valence-electron chi connectivity index (χ4n) is 4.07. The third kappa shape index (κ3) is 7.53. The molecule has 0 saturated carbocycles. The molecule has 0 fully saturated rings. The lowest BCUT2D eigenvalue weighted by atomic mass is 10.1. The Balaban J connectivity index is 2.08. The van der Waals surface area contributed by atoms with Gasteiger partial charge in [0.05, 0.1) is 10.6 Å². The van der Waals surface area contributed by atoms with Crippen LogP contribution in [0.5, 0.6) is 0 Å². The maximum Gasteiger partial charge on any atom is 0.264 e. The molecule has 3 aromatic rings. The van der Waals surface area contributed by atoms with Crippen LogP contribution in [-0.2, 0) is 26.2 Å². The number of anilines is 1. The van der Waals surface area contributed by atoms with Crippen molar-refractivity contribution in [2.75, 3.05) is 10.8 Å². The SMILES string of the molecule is CCC(C)NC(=O)C(CC)N(Cc1c(Cl)cccc1Cl)C(=O)CN(c1ccc(F)cc1)S(=O)(=O)c1ccccc1. The van der Waals surface area contributed by atoms with Gasteiger partial charge in [0.25, 0.3) is 10.0 Å². The highest BCUT2D eigenvalue weighted by atomic mass is 35.5. The number of sulfonamides is 1. The molecule has 0 bridgehead atoms. The second kappa shape index (κ2) is 14.0. The maximum absolute atomic E-state index is 14.0. The van der Waals surface area contributed by atoms with Gasteiger partial charge in [0.2, 0.25) is 11.8 Å². The predicted octanol–water partition coefficient (Wildman–Crippen LogP) is 6.05. The highest BCUT2D eigenvalue weighted by molar-refractivity contribution is 7.92. The molecule has 2 atom stereocenters. The van der Waals surface area contributed by atoms with E-state index in [4.69, 9.17) is 23.2 Å². The summed E-state index contributed by atoms with van der Waals surface area (Å²) in [5.74, 6) is -1.60. The molecule has 40 heavy (non-hydrogen) atoms. The van der Waals surface area contributed by atoms with Crippen molar-refractivity contribution in [2.45, 2.75) is 57.1 Å². The van der Waals surface area contributed by atoms with Crippen LogP contribution in [-0.4, -0.2) is 43.8 Å². The van der Waals surface area contributed by atoms with Gasteiger partial charge < -0.3 is 10.2 Å². The van der Waals surface area contributed by atoms with E-state index in [0.29, 0.717) is 22.0 Å². The number of rotatable bonds is 12. The average molecular weight is 609 g/mol. The van der Waals surface area contributed by atoms with Crippen LogP contribution >= 0.6 is 23.2 Å². The molecule has 0 aliphatic carbocycles. The topological polar surface area (TPSA) is 86.8 Å². The van der Waals surface area contributed by atoms with Gasteiger partial charge in [-0.1, -0.05) is 61.3 Å². The zero-order valence-electron chi connectivity index (χ0n) is 22.5. The van der Waals surface area contributed by atoms with Crippen LogP contribution in [0.25, 0.3) is 0 Å². The van der Waals surface area contributed by atoms with Gasteiger partial charge in [0.1, 0.15) is 18.4 Å². The number of halogens is 3. The first-order valence-corrected chi connectivity index (χ1v) is 15.0. The van der Waals surface area contributed by atoms with Gasteiger partial charge >= 0.3 is 0 Å². The van der Waals surface area contributed by atoms with Gasteiger partial charge in [0, 0.05) is 28.2 Å². The van der Waals surface area contributed by atoms with Crippen LogP contribution in [0.1, 0.15) is 39.2 Å². The molecule has 214 valence electrons. The number of hydrogen-bond acceptors (Lipinski definition) is 4. The standard InChI is InChI=1S/C29H32Cl2FN3O4S/c1-4-20(3)33-29(37)27(5-2)34(18-24-25(30)12-9-13-26(24)31)28(36)19-35(22-16-14-21(32)15-17-22)40(38,39)23-10-7-6-8-11-23/h6-17,20,27H,4-5,18-19H2,1-3H3,(H,33,37). The predicted molar refractivity (Wildman–Crippen MR) is 156 cm³/mol. The Hall–Kier alpha value is -3.14. The molecule has 0 saturated heterocycles. The summed E-state index contributed by atoms with van der Waals surface area (Å²) in [5, 5.41) is 3.51. The summed E-state index contributed by atoms with van der Waals surface area (Å²) in [4.78, 5) is 28.6. The summed E-state index contributed by atoms with van der Waals surface area (Å²) < 4.78 is 42.1. The Bertz CT molecular complexity index is 1400. The molecule has 0 aliphatic rings. The van der Waals surface area contributed by atoms with Gasteiger partial charge in [0.15, 0.2) is 0 Å². The van der Waals surface area contributed by atoms with Gasteiger partial charge in [-0.25, -0.2) is 12.8 Å². The maximum atomic E-state index is 14.0. The summed E-state index contributed by atoms with van der Waals surface area (Å²) in [6.07, 6.45) is 0.929. The third-order valence-corrected chi connectivity index (χ3v) is 9.00. The minimum atomic E-state index is -4.25. The van der Waals surface area contributed by atoms with E-state index in [-0.39, 0.29) is 35.5 Å². The van der Waals surface area contributed by atoms with E-state index < -0.39 is 34.3 Å². The first-order chi connectivity index (χ1) is 19.0. The van der Waals surface area contributed by atoms with Crippen molar-refractivity contribution < 1.29 is 22.4 Å². The normalized spacial score (nSPS) is 12.8. The number of hydrogen-bond donors (Lipinski definition) is 1.